The van der Waals surface area contributed by atoms with Crippen LogP contribution in [0.2, 0.25) is 0 Å². The molecule has 0 fully saturated rings. The van der Waals surface area contributed by atoms with Crippen molar-refractivity contribution in [1.82, 2.24) is 4.98 Å². The summed E-state index contributed by atoms with van der Waals surface area (Å²) in [6.45, 7) is 1.83. The van der Waals surface area contributed by atoms with Gasteiger partial charge in [0.2, 0.25) is 5.06 Å². The molecule has 0 spiro atoms. The first kappa shape index (κ1) is 12.4. The summed E-state index contributed by atoms with van der Waals surface area (Å²) in [4.78, 5) is 15.4. The molecule has 18 heavy (non-hydrogen) atoms. The van der Waals surface area contributed by atoms with E-state index < -0.39 is 0 Å². The van der Waals surface area contributed by atoms with E-state index >= 15 is 0 Å². The van der Waals surface area contributed by atoms with Gasteiger partial charge in [-0.1, -0.05) is 17.4 Å². The molecule has 2 aromatic rings. The highest BCUT2D eigenvalue weighted by atomic mass is 32.1. The third kappa shape index (κ3) is 2.60. The van der Waals surface area contributed by atoms with Crippen LogP contribution in [0, 0.1) is 6.92 Å². The molecule has 2 N–H and O–H groups in total. The van der Waals surface area contributed by atoms with Gasteiger partial charge in [0.05, 0.1) is 18.9 Å². The maximum atomic E-state index is 11.5. The van der Waals surface area contributed by atoms with E-state index in [-0.39, 0.29) is 5.97 Å². The largest absolute Gasteiger partial charge is 0.465 e. The number of benzene rings is 1. The number of nitrogen functional groups attached to an aromatic ring is 1. The molecule has 5 nitrogen and oxygen atoms in total. The molecular formula is C12H12N2O3S. The lowest BCUT2D eigenvalue weighted by Gasteiger charge is -2.07. The zero-order valence-corrected chi connectivity index (χ0v) is 10.8. The van der Waals surface area contributed by atoms with Gasteiger partial charge in [-0.25, -0.2) is 9.78 Å². The van der Waals surface area contributed by atoms with Gasteiger partial charge in [-0.2, -0.15) is 0 Å². The SMILES string of the molecule is COC(=O)c1cc(Oc2cnc(N)s2)ccc1C. The molecule has 6 heteroatoms. The summed E-state index contributed by atoms with van der Waals surface area (Å²) >= 11 is 1.24. The molecule has 1 aromatic heterocycles. The molecule has 0 atom stereocenters. The fourth-order valence-corrected chi connectivity index (χ4v) is 1.98. The number of aryl methyl sites for hydroxylation is 1. The Kier molecular flexibility index (Phi) is 3.47. The number of rotatable bonds is 3. The van der Waals surface area contributed by atoms with Gasteiger partial charge < -0.3 is 15.2 Å². The van der Waals surface area contributed by atoms with Gasteiger partial charge in [0.1, 0.15) is 5.75 Å². The Morgan fingerprint density at radius 2 is 2.22 bits per heavy atom. The molecule has 0 saturated heterocycles. The fraction of sp³-hybridized carbons (Fsp3) is 0.167. The van der Waals surface area contributed by atoms with Crippen molar-refractivity contribution >= 4 is 22.4 Å². The van der Waals surface area contributed by atoms with Crippen molar-refractivity contribution in [2.75, 3.05) is 12.8 Å². The van der Waals surface area contributed by atoms with E-state index in [1.54, 1.807) is 18.2 Å². The maximum Gasteiger partial charge on any atom is 0.338 e. The number of nitrogens with zero attached hydrogens (tertiary/aromatic N) is 1. The predicted octanol–water partition coefficient (Wildman–Crippen LogP) is 2.61. The topological polar surface area (TPSA) is 74.4 Å². The number of anilines is 1. The van der Waals surface area contributed by atoms with Gasteiger partial charge in [0, 0.05) is 0 Å². The van der Waals surface area contributed by atoms with E-state index in [2.05, 4.69) is 4.98 Å². The van der Waals surface area contributed by atoms with Gasteiger partial charge in [-0.15, -0.1) is 0 Å². The molecule has 0 aliphatic carbocycles. The summed E-state index contributed by atoms with van der Waals surface area (Å²) in [5, 5.41) is 1.01. The number of ether oxygens (including phenoxy) is 2. The zero-order valence-electron chi connectivity index (χ0n) is 9.97. The summed E-state index contributed by atoms with van der Waals surface area (Å²) in [6.07, 6.45) is 1.54. The standard InChI is InChI=1S/C12H12N2O3S/c1-7-3-4-8(5-9(7)11(15)16-2)17-10-6-14-12(13)18-10/h3-6H,1-2H3,(H2,13,14). The van der Waals surface area contributed by atoms with Crippen molar-refractivity contribution in [3.05, 3.63) is 35.5 Å². The van der Waals surface area contributed by atoms with E-state index in [4.69, 9.17) is 15.2 Å². The van der Waals surface area contributed by atoms with Crippen LogP contribution in [0.1, 0.15) is 15.9 Å². The molecule has 94 valence electrons. The lowest BCUT2D eigenvalue weighted by atomic mass is 10.1. The van der Waals surface area contributed by atoms with Gasteiger partial charge >= 0.3 is 5.97 Å². The Bertz CT molecular complexity index is 580. The number of hydrogen-bond donors (Lipinski definition) is 1. The monoisotopic (exact) mass is 264 g/mol. The number of hydrogen-bond acceptors (Lipinski definition) is 6. The highest BCUT2D eigenvalue weighted by Gasteiger charge is 2.11. The van der Waals surface area contributed by atoms with Gasteiger partial charge in [0.25, 0.3) is 0 Å². The molecule has 0 bridgehead atoms. The molecule has 0 aliphatic rings. The third-order valence-corrected chi connectivity index (χ3v) is 3.04. The molecule has 0 saturated carbocycles. The number of nitrogens with two attached hydrogens (primary N) is 1. The minimum atomic E-state index is -0.387. The minimum Gasteiger partial charge on any atom is -0.465 e. The first-order valence-corrected chi connectivity index (χ1v) is 6.00. The normalized spacial score (nSPS) is 10.1. The van der Waals surface area contributed by atoms with Crippen molar-refractivity contribution in [2.24, 2.45) is 0 Å². The van der Waals surface area contributed by atoms with Crippen molar-refractivity contribution in [3.8, 4) is 10.8 Å². The second kappa shape index (κ2) is 5.05. The maximum absolute atomic E-state index is 11.5. The lowest BCUT2D eigenvalue weighted by Crippen LogP contribution is -2.03. The van der Waals surface area contributed by atoms with E-state index in [1.807, 2.05) is 6.92 Å². The van der Waals surface area contributed by atoms with Crippen LogP contribution in [0.15, 0.2) is 24.4 Å². The Balaban J connectivity index is 2.27. The number of carbonyl (C=O) groups is 1. The summed E-state index contributed by atoms with van der Waals surface area (Å²) in [6, 6.07) is 5.21. The molecular weight excluding hydrogens is 252 g/mol. The van der Waals surface area contributed by atoms with Crippen molar-refractivity contribution < 1.29 is 14.3 Å². The molecule has 1 heterocycles. The second-order valence-electron chi connectivity index (χ2n) is 3.59. The van der Waals surface area contributed by atoms with Crippen LogP contribution in [0.4, 0.5) is 5.13 Å². The van der Waals surface area contributed by atoms with Crippen molar-refractivity contribution in [1.29, 1.82) is 0 Å². The van der Waals surface area contributed by atoms with E-state index in [1.165, 1.54) is 24.6 Å². The van der Waals surface area contributed by atoms with Crippen molar-refractivity contribution in [3.63, 3.8) is 0 Å². The van der Waals surface area contributed by atoms with E-state index in [9.17, 15) is 4.79 Å². The van der Waals surface area contributed by atoms with Crippen LogP contribution in [-0.2, 0) is 4.74 Å². The molecule has 0 unspecified atom stereocenters. The lowest BCUT2D eigenvalue weighted by molar-refractivity contribution is 0.0599. The smallest absolute Gasteiger partial charge is 0.338 e. The molecule has 0 aliphatic heterocycles. The quantitative estimate of drug-likeness (QED) is 0.862. The van der Waals surface area contributed by atoms with Crippen LogP contribution in [0.25, 0.3) is 0 Å². The molecule has 0 amide bonds. The highest BCUT2D eigenvalue weighted by Crippen LogP contribution is 2.29. The summed E-state index contributed by atoms with van der Waals surface area (Å²) in [7, 11) is 1.35. The summed E-state index contributed by atoms with van der Waals surface area (Å²) < 4.78 is 10.3. The molecule has 0 radical (unpaired) electrons. The second-order valence-corrected chi connectivity index (χ2v) is 4.61. The first-order chi connectivity index (χ1) is 8.60. The van der Waals surface area contributed by atoms with Gasteiger partial charge in [0.15, 0.2) is 5.13 Å². The van der Waals surface area contributed by atoms with Crippen LogP contribution >= 0.6 is 11.3 Å². The summed E-state index contributed by atoms with van der Waals surface area (Å²) in [5.41, 5.74) is 6.82. The van der Waals surface area contributed by atoms with Crippen LogP contribution < -0.4 is 10.5 Å². The minimum absolute atomic E-state index is 0.387. The molecule has 2 rings (SSSR count). The first-order valence-electron chi connectivity index (χ1n) is 5.18. The number of methoxy groups -OCH3 is 1. The Hall–Kier alpha value is -2.08. The molecule has 1 aromatic carbocycles. The highest BCUT2D eigenvalue weighted by molar-refractivity contribution is 7.17. The zero-order chi connectivity index (χ0) is 13.1. The van der Waals surface area contributed by atoms with Crippen LogP contribution in [0.3, 0.4) is 0 Å². The predicted molar refractivity (Wildman–Crippen MR) is 69.1 cm³/mol. The fourth-order valence-electron chi connectivity index (χ4n) is 1.43. The average Bonchev–Trinajstić information content (AvgIpc) is 2.76. The third-order valence-electron chi connectivity index (χ3n) is 2.34. The van der Waals surface area contributed by atoms with E-state index in [0.29, 0.717) is 21.5 Å². The Morgan fingerprint density at radius 3 is 2.83 bits per heavy atom. The Morgan fingerprint density at radius 1 is 1.44 bits per heavy atom. The average molecular weight is 264 g/mol. The number of aromatic nitrogens is 1. The van der Waals surface area contributed by atoms with Crippen molar-refractivity contribution in [2.45, 2.75) is 6.92 Å². The number of carbonyl (C=O) groups excluding carboxylic acids is 1. The summed E-state index contributed by atoms with van der Waals surface area (Å²) in [5.74, 6) is 0.159. The Labute approximate surface area is 108 Å². The van der Waals surface area contributed by atoms with Crippen LogP contribution in [-0.4, -0.2) is 18.1 Å². The van der Waals surface area contributed by atoms with Crippen LogP contribution in [0.5, 0.6) is 10.8 Å². The van der Waals surface area contributed by atoms with E-state index in [0.717, 1.165) is 5.56 Å². The number of esters is 1. The number of thiazole rings is 1. The van der Waals surface area contributed by atoms with Gasteiger partial charge in [-0.3, -0.25) is 0 Å². The van der Waals surface area contributed by atoms with Gasteiger partial charge in [-0.05, 0) is 24.6 Å².